The molecule has 0 atom stereocenters. The number of carboxylic acids is 2. The van der Waals surface area contributed by atoms with Gasteiger partial charge in [0.15, 0.2) is 0 Å². The number of aliphatic hydroxyl groups excluding tert-OH is 3. The van der Waals surface area contributed by atoms with Crippen molar-refractivity contribution in [3.8, 4) is 0 Å². The van der Waals surface area contributed by atoms with Crippen molar-refractivity contribution >= 4 is 11.9 Å². The molecular weight excluding hydrogens is 431 g/mol. The molecule has 0 rings (SSSR count). The van der Waals surface area contributed by atoms with E-state index in [1.807, 2.05) is 0 Å². The minimum atomic E-state index is -1.00. The fourth-order valence-electron chi connectivity index (χ4n) is 0.974. The first kappa shape index (κ1) is 37.2. The second-order valence-electron chi connectivity index (χ2n) is 5.36. The summed E-state index contributed by atoms with van der Waals surface area (Å²) < 4.78 is 0. The van der Waals surface area contributed by atoms with Crippen LogP contribution >= 0.6 is 0 Å². The normalized spacial score (nSPS) is 9.22. The molecule has 0 radical (unpaired) electrons. The van der Waals surface area contributed by atoms with Gasteiger partial charge in [-0.05, 0) is 32.6 Å². The average Bonchev–Trinajstić information content (AvgIpc) is 2.58. The van der Waals surface area contributed by atoms with Gasteiger partial charge in [0, 0.05) is 58.0 Å². The quantitative estimate of drug-likeness (QED) is 0.309. The number of carboxylic acid groups (broad SMARTS) is 2. The Morgan fingerprint density at radius 3 is 1.26 bits per heavy atom. The number of aliphatic carboxylic acids is 2. The van der Waals surface area contributed by atoms with Crippen molar-refractivity contribution in [3.05, 3.63) is 11.6 Å². The average molecular weight is 472 g/mol. The molecule has 0 spiro atoms. The van der Waals surface area contributed by atoms with Crippen molar-refractivity contribution in [2.75, 3.05) is 19.8 Å². The van der Waals surface area contributed by atoms with Crippen LogP contribution in [0.2, 0.25) is 0 Å². The van der Waals surface area contributed by atoms with Gasteiger partial charge in [-0.1, -0.05) is 46.1 Å². The summed E-state index contributed by atoms with van der Waals surface area (Å²) in [5.74, 6) is -1.92. The van der Waals surface area contributed by atoms with Crippen molar-refractivity contribution in [1.29, 1.82) is 0 Å². The third-order valence-electron chi connectivity index (χ3n) is 2.68. The molecule has 0 heterocycles. The van der Waals surface area contributed by atoms with Gasteiger partial charge in [-0.25, -0.2) is 4.79 Å². The Morgan fingerprint density at radius 2 is 1.11 bits per heavy atom. The van der Waals surface area contributed by atoms with E-state index in [4.69, 9.17) is 25.5 Å². The Bertz CT molecular complexity index is 301. The molecule has 0 aromatic carbocycles. The molecule has 0 aliphatic carbocycles. The maximum atomic E-state index is 10.2. The van der Waals surface area contributed by atoms with E-state index in [-0.39, 0.29) is 44.6 Å². The first-order valence-corrected chi connectivity index (χ1v) is 9.23. The van der Waals surface area contributed by atoms with Gasteiger partial charge in [0.05, 0.1) is 0 Å². The van der Waals surface area contributed by atoms with Crippen LogP contribution in [0.3, 0.4) is 0 Å². The van der Waals surface area contributed by atoms with Crippen LogP contribution in [0.15, 0.2) is 11.6 Å². The monoisotopic (exact) mass is 470 g/mol. The molecule has 7 nitrogen and oxygen atoms in total. The van der Waals surface area contributed by atoms with Crippen molar-refractivity contribution in [2.24, 2.45) is 0 Å². The number of unbranched alkanes of at least 4 members (excludes halogenated alkanes) is 3. The summed E-state index contributed by atoms with van der Waals surface area (Å²) in [7, 11) is 0. The van der Waals surface area contributed by atoms with Gasteiger partial charge in [-0.2, -0.15) is 0 Å². The largest absolute Gasteiger partial charge is 0.481 e. The van der Waals surface area contributed by atoms with E-state index in [0.29, 0.717) is 19.8 Å². The minimum absolute atomic E-state index is 0. The molecule has 0 amide bonds. The Labute approximate surface area is 183 Å². The Morgan fingerprint density at radius 1 is 0.778 bits per heavy atom. The van der Waals surface area contributed by atoms with E-state index in [9.17, 15) is 9.59 Å². The van der Waals surface area contributed by atoms with Gasteiger partial charge >= 0.3 is 11.9 Å². The summed E-state index contributed by atoms with van der Waals surface area (Å²) >= 11 is 0. The van der Waals surface area contributed by atoms with Crippen molar-refractivity contribution in [1.82, 2.24) is 0 Å². The second kappa shape index (κ2) is 36.4. The van der Waals surface area contributed by atoms with Gasteiger partial charge in [-0.3, -0.25) is 4.79 Å². The molecule has 0 fully saturated rings. The van der Waals surface area contributed by atoms with Crippen LogP contribution in [0.5, 0.6) is 0 Å². The summed E-state index contributed by atoms with van der Waals surface area (Å²) in [6.07, 6.45) is 7.76. The number of rotatable bonds is 10. The summed E-state index contributed by atoms with van der Waals surface area (Å²) in [6.45, 7) is 8.62. The predicted molar refractivity (Wildman–Crippen MR) is 104 cm³/mol. The number of aliphatic hydroxyl groups is 3. The standard InChI is InChI=1S/C7H10O4.3C4H10O.Zr/c1-5(7(10)11)3-2-4-6(8)9;3*1-2-3-4-5;/h3H,2,4H2,1H3,(H,8,9)(H,10,11);3*5H,2-4H2,1H3;. The SMILES string of the molecule is CC(=CCCC(=O)O)C(=O)O.CCCCO.CCCCO.CCCCO.[Zr]. The minimum Gasteiger partial charge on any atom is -0.481 e. The van der Waals surface area contributed by atoms with Crippen LogP contribution in [-0.4, -0.2) is 57.3 Å². The van der Waals surface area contributed by atoms with Crippen molar-refractivity contribution in [3.63, 3.8) is 0 Å². The maximum absolute atomic E-state index is 10.2. The van der Waals surface area contributed by atoms with Crippen LogP contribution in [0.25, 0.3) is 0 Å². The van der Waals surface area contributed by atoms with Crippen LogP contribution in [-0.2, 0) is 35.8 Å². The molecule has 162 valence electrons. The molecule has 0 bridgehead atoms. The third kappa shape index (κ3) is 58.6. The first-order valence-electron chi connectivity index (χ1n) is 9.23. The zero-order chi connectivity index (χ0) is 21.2. The van der Waals surface area contributed by atoms with E-state index >= 15 is 0 Å². The van der Waals surface area contributed by atoms with E-state index in [0.717, 1.165) is 38.5 Å². The summed E-state index contributed by atoms with van der Waals surface area (Å²) in [6, 6.07) is 0. The molecule has 5 N–H and O–H groups in total. The summed E-state index contributed by atoms with van der Waals surface area (Å²) in [5.41, 5.74) is 0.186. The van der Waals surface area contributed by atoms with E-state index in [2.05, 4.69) is 20.8 Å². The van der Waals surface area contributed by atoms with E-state index in [1.54, 1.807) is 0 Å². The van der Waals surface area contributed by atoms with Crippen LogP contribution in [0.4, 0.5) is 0 Å². The molecule has 0 unspecified atom stereocenters. The Hall–Kier alpha value is -0.557. The van der Waals surface area contributed by atoms with Crippen LogP contribution in [0, 0.1) is 0 Å². The number of carbonyl (C=O) groups is 2. The number of hydrogen-bond donors (Lipinski definition) is 5. The van der Waals surface area contributed by atoms with Gasteiger partial charge in [-0.15, -0.1) is 0 Å². The van der Waals surface area contributed by atoms with Crippen LogP contribution in [0.1, 0.15) is 79.1 Å². The first-order chi connectivity index (χ1) is 12.3. The molecule has 8 heteroatoms. The van der Waals surface area contributed by atoms with E-state index in [1.165, 1.54) is 13.0 Å². The second-order valence-corrected chi connectivity index (χ2v) is 5.36. The molecule has 0 saturated heterocycles. The molecule has 0 aromatic heterocycles. The summed E-state index contributed by atoms with van der Waals surface area (Å²) in [4.78, 5) is 20.1. The molecule has 0 aliphatic heterocycles. The molecule has 0 aromatic rings. The van der Waals surface area contributed by atoms with Gasteiger partial charge in [0.25, 0.3) is 0 Å². The van der Waals surface area contributed by atoms with Crippen LogP contribution < -0.4 is 0 Å². The molecule has 27 heavy (non-hydrogen) atoms. The van der Waals surface area contributed by atoms with Crippen molar-refractivity contribution in [2.45, 2.75) is 79.1 Å². The van der Waals surface area contributed by atoms with E-state index < -0.39 is 11.9 Å². The smallest absolute Gasteiger partial charge is 0.330 e. The van der Waals surface area contributed by atoms with Crippen molar-refractivity contribution < 1.29 is 61.3 Å². The van der Waals surface area contributed by atoms with Gasteiger partial charge in [0.2, 0.25) is 0 Å². The zero-order valence-electron chi connectivity index (χ0n) is 17.4. The van der Waals surface area contributed by atoms with Gasteiger partial charge in [0.1, 0.15) is 0 Å². The fraction of sp³-hybridized carbons (Fsp3) is 0.789. The topological polar surface area (TPSA) is 135 Å². The predicted octanol–water partition coefficient (Wildman–Crippen LogP) is 3.22. The maximum Gasteiger partial charge on any atom is 0.330 e. The number of hydrogen-bond acceptors (Lipinski definition) is 5. The molecular formula is C19H40O7Zr. The van der Waals surface area contributed by atoms with Gasteiger partial charge < -0.3 is 25.5 Å². The Balaban J connectivity index is -0.0000000858. The summed E-state index contributed by atoms with van der Waals surface area (Å²) in [5, 5.41) is 40.7. The number of allylic oxidation sites excluding steroid dienone is 1. The Kier molecular flexibility index (Phi) is 50.2. The third-order valence-corrected chi connectivity index (χ3v) is 2.68. The zero-order valence-corrected chi connectivity index (χ0v) is 19.9. The molecule has 0 saturated carbocycles. The fourth-order valence-corrected chi connectivity index (χ4v) is 0.974. The molecule has 0 aliphatic rings.